The third-order valence-corrected chi connectivity index (χ3v) is 4.01. The topological polar surface area (TPSA) is 91.3 Å². The highest BCUT2D eigenvalue weighted by Crippen LogP contribution is 2.35. The van der Waals surface area contributed by atoms with Crippen LogP contribution in [0.2, 0.25) is 0 Å². The number of rotatable bonds is 4. The fraction of sp³-hybridized carbons (Fsp3) is 0.533. The highest BCUT2D eigenvalue weighted by Gasteiger charge is 2.41. The minimum Gasteiger partial charge on any atom is -0.480 e. The Labute approximate surface area is 124 Å². The molecule has 3 N–H and O–H groups in total. The summed E-state index contributed by atoms with van der Waals surface area (Å²) in [5, 5.41) is 15.3. The first-order valence-corrected chi connectivity index (χ1v) is 7.16. The maximum atomic E-state index is 11.7. The van der Waals surface area contributed by atoms with Crippen LogP contribution < -0.4 is 10.6 Å². The molecule has 0 spiro atoms. The number of hydrogen-bond donors (Lipinski definition) is 3. The smallest absolute Gasteiger partial charge is 0.329 e. The van der Waals surface area contributed by atoms with Crippen LogP contribution in [0, 0.1) is 5.92 Å². The molecule has 0 bridgehead atoms. The number of carbonyl (C=O) groups is 2. The fourth-order valence-corrected chi connectivity index (χ4v) is 2.95. The number of carbonyl (C=O) groups excluding carboxylic acids is 1. The summed E-state index contributed by atoms with van der Waals surface area (Å²) in [5.74, 6) is -0.769. The zero-order chi connectivity index (χ0) is 15.5. The molecule has 6 nitrogen and oxygen atoms in total. The highest BCUT2D eigenvalue weighted by atomic mass is 16.4. The van der Waals surface area contributed by atoms with E-state index in [2.05, 4.69) is 22.5 Å². The molecule has 2 unspecified atom stereocenters. The van der Waals surface area contributed by atoms with Crippen LogP contribution in [0.1, 0.15) is 43.1 Å². The van der Waals surface area contributed by atoms with Gasteiger partial charge in [-0.3, -0.25) is 9.78 Å². The zero-order valence-corrected chi connectivity index (χ0v) is 12.3. The number of pyridine rings is 1. The van der Waals surface area contributed by atoms with E-state index in [4.69, 9.17) is 0 Å². The number of carboxylic acid groups (broad SMARTS) is 1. The lowest BCUT2D eigenvalue weighted by molar-refractivity contribution is -0.144. The summed E-state index contributed by atoms with van der Waals surface area (Å²) in [6.45, 7) is 2.07. The van der Waals surface area contributed by atoms with E-state index in [-0.39, 0.29) is 11.6 Å². The predicted octanol–water partition coefficient (Wildman–Crippen LogP) is 1.89. The Morgan fingerprint density at radius 2 is 2.24 bits per heavy atom. The molecule has 0 aromatic carbocycles. The molecule has 114 valence electrons. The van der Waals surface area contributed by atoms with Gasteiger partial charge in [-0.1, -0.05) is 19.8 Å². The second-order valence-electron chi connectivity index (χ2n) is 5.72. The van der Waals surface area contributed by atoms with E-state index in [9.17, 15) is 14.7 Å². The largest absolute Gasteiger partial charge is 0.480 e. The van der Waals surface area contributed by atoms with Crippen molar-refractivity contribution in [3.63, 3.8) is 0 Å². The lowest BCUT2D eigenvalue weighted by atomic mass is 9.76. The Morgan fingerprint density at radius 3 is 2.86 bits per heavy atom. The van der Waals surface area contributed by atoms with E-state index >= 15 is 0 Å². The number of aromatic nitrogens is 1. The second-order valence-corrected chi connectivity index (χ2v) is 5.72. The summed E-state index contributed by atoms with van der Waals surface area (Å²) in [7, 11) is 1.53. The van der Waals surface area contributed by atoms with Crippen molar-refractivity contribution in [2.24, 2.45) is 5.92 Å². The minimum absolute atomic E-state index is 0.270. The summed E-state index contributed by atoms with van der Waals surface area (Å²) in [5.41, 5.74) is -0.0779. The Bertz CT molecular complexity index is 547. The Kier molecular flexibility index (Phi) is 4.45. The Hall–Kier alpha value is -2.11. The molecule has 1 heterocycles. The molecule has 6 heteroatoms. The molecule has 0 radical (unpaired) electrons. The van der Waals surface area contributed by atoms with Crippen LogP contribution in [0.3, 0.4) is 0 Å². The molecule has 1 amide bonds. The summed E-state index contributed by atoms with van der Waals surface area (Å²) >= 11 is 0. The molecule has 1 saturated carbocycles. The molecule has 1 aliphatic carbocycles. The number of aliphatic carboxylic acids is 1. The van der Waals surface area contributed by atoms with E-state index in [1.165, 1.54) is 13.2 Å². The molecule has 0 saturated heterocycles. The Balaban J connectivity index is 2.25. The minimum atomic E-state index is -0.959. The van der Waals surface area contributed by atoms with Crippen LogP contribution >= 0.6 is 0 Å². The van der Waals surface area contributed by atoms with Crippen molar-refractivity contribution in [1.29, 1.82) is 0 Å². The van der Waals surface area contributed by atoms with Crippen LogP contribution in [-0.2, 0) is 4.79 Å². The number of carboxylic acids is 1. The van der Waals surface area contributed by atoms with E-state index < -0.39 is 11.5 Å². The fourth-order valence-electron chi connectivity index (χ4n) is 2.95. The first kappa shape index (κ1) is 15.3. The number of hydrogen-bond acceptors (Lipinski definition) is 4. The van der Waals surface area contributed by atoms with E-state index in [1.54, 1.807) is 12.1 Å². The molecule has 1 fully saturated rings. The average molecular weight is 291 g/mol. The third-order valence-electron chi connectivity index (χ3n) is 4.01. The predicted molar refractivity (Wildman–Crippen MR) is 79.2 cm³/mol. The second kappa shape index (κ2) is 6.11. The van der Waals surface area contributed by atoms with Gasteiger partial charge in [0.05, 0.1) is 0 Å². The maximum absolute atomic E-state index is 11.7. The average Bonchev–Trinajstić information content (AvgIpc) is 2.46. The quantitative estimate of drug-likeness (QED) is 0.788. The third kappa shape index (κ3) is 3.32. The first-order chi connectivity index (χ1) is 9.97. The van der Waals surface area contributed by atoms with Crippen LogP contribution in [0.5, 0.6) is 0 Å². The van der Waals surface area contributed by atoms with Crippen molar-refractivity contribution in [1.82, 2.24) is 10.3 Å². The first-order valence-electron chi connectivity index (χ1n) is 7.16. The summed E-state index contributed by atoms with van der Waals surface area (Å²) in [6, 6.07) is 3.28. The van der Waals surface area contributed by atoms with Gasteiger partial charge >= 0.3 is 5.97 Å². The van der Waals surface area contributed by atoms with Crippen molar-refractivity contribution in [2.45, 2.75) is 38.1 Å². The lowest BCUT2D eigenvalue weighted by Crippen LogP contribution is -2.49. The molecule has 1 aromatic rings. The number of nitrogens with one attached hydrogen (secondary N) is 2. The molecule has 1 aromatic heterocycles. The molecular weight excluding hydrogens is 270 g/mol. The number of nitrogens with zero attached hydrogens (tertiary/aromatic N) is 1. The maximum Gasteiger partial charge on any atom is 0.329 e. The summed E-state index contributed by atoms with van der Waals surface area (Å²) in [6.07, 6.45) is 4.61. The van der Waals surface area contributed by atoms with Gasteiger partial charge in [-0.05, 0) is 30.9 Å². The Morgan fingerprint density at radius 1 is 1.48 bits per heavy atom. The van der Waals surface area contributed by atoms with Crippen molar-refractivity contribution in [2.75, 3.05) is 12.4 Å². The number of amides is 1. The van der Waals surface area contributed by atoms with Gasteiger partial charge in [-0.25, -0.2) is 4.79 Å². The molecule has 21 heavy (non-hydrogen) atoms. The van der Waals surface area contributed by atoms with Crippen LogP contribution in [0.4, 0.5) is 5.69 Å². The van der Waals surface area contributed by atoms with Gasteiger partial charge in [-0.2, -0.15) is 0 Å². The van der Waals surface area contributed by atoms with Gasteiger partial charge in [0.2, 0.25) is 0 Å². The van der Waals surface area contributed by atoms with Crippen LogP contribution in [0.15, 0.2) is 18.3 Å². The molecule has 1 aliphatic rings. The van der Waals surface area contributed by atoms with Crippen molar-refractivity contribution >= 4 is 17.6 Å². The monoisotopic (exact) mass is 291 g/mol. The van der Waals surface area contributed by atoms with Crippen LogP contribution in [0.25, 0.3) is 0 Å². The van der Waals surface area contributed by atoms with E-state index in [1.807, 2.05) is 0 Å². The zero-order valence-electron chi connectivity index (χ0n) is 12.3. The normalized spacial score (nSPS) is 25.1. The molecule has 0 aliphatic heterocycles. The summed E-state index contributed by atoms with van der Waals surface area (Å²) < 4.78 is 0. The van der Waals surface area contributed by atoms with Crippen molar-refractivity contribution in [3.8, 4) is 0 Å². The molecule has 2 rings (SSSR count). The summed E-state index contributed by atoms with van der Waals surface area (Å²) in [4.78, 5) is 27.3. The van der Waals surface area contributed by atoms with Gasteiger partial charge in [0.15, 0.2) is 0 Å². The SMILES string of the molecule is CNC(=O)c1cc(NC2(C(=O)O)CCCC(C)C2)ccn1. The van der Waals surface area contributed by atoms with Gasteiger partial charge in [-0.15, -0.1) is 0 Å². The van der Waals surface area contributed by atoms with Gasteiger partial charge in [0.1, 0.15) is 11.2 Å². The molecule has 2 atom stereocenters. The van der Waals surface area contributed by atoms with Gasteiger partial charge < -0.3 is 15.7 Å². The molecular formula is C15H21N3O3. The van der Waals surface area contributed by atoms with E-state index in [0.29, 0.717) is 24.4 Å². The van der Waals surface area contributed by atoms with Gasteiger partial charge in [0.25, 0.3) is 5.91 Å². The van der Waals surface area contributed by atoms with Crippen LogP contribution in [-0.4, -0.2) is 34.6 Å². The number of anilines is 1. The van der Waals surface area contributed by atoms with Crippen molar-refractivity contribution < 1.29 is 14.7 Å². The van der Waals surface area contributed by atoms with Gasteiger partial charge in [0, 0.05) is 18.9 Å². The standard InChI is InChI=1S/C15H21N3O3/c1-10-4-3-6-15(9-10,14(20)21)18-11-5-7-17-12(8-11)13(19)16-2/h5,7-8,10H,3-4,6,9H2,1-2H3,(H,16,19)(H,17,18)(H,20,21). The van der Waals surface area contributed by atoms with Crippen molar-refractivity contribution in [3.05, 3.63) is 24.0 Å². The lowest BCUT2D eigenvalue weighted by Gasteiger charge is -2.37. The highest BCUT2D eigenvalue weighted by molar-refractivity contribution is 5.93. The van der Waals surface area contributed by atoms with E-state index in [0.717, 1.165) is 12.8 Å².